The van der Waals surface area contributed by atoms with Crippen LogP contribution >= 0.6 is 11.6 Å². The van der Waals surface area contributed by atoms with Gasteiger partial charge in [0.15, 0.2) is 11.6 Å². The Kier molecular flexibility index (Phi) is 31.4. The molecule has 0 fully saturated rings. The SMILES string of the molecule is C=C/C(=C\C)c1nc(Cl)nc(C(/C=C\C)=C/C)n1.CC.CC.CC.CC. The summed E-state index contributed by atoms with van der Waals surface area (Å²) >= 11 is 5.93. The molecule has 0 amide bonds. The van der Waals surface area contributed by atoms with Gasteiger partial charge in [-0.3, -0.25) is 0 Å². The van der Waals surface area contributed by atoms with E-state index in [9.17, 15) is 0 Å². The van der Waals surface area contributed by atoms with E-state index in [4.69, 9.17) is 11.6 Å². The van der Waals surface area contributed by atoms with Crippen molar-refractivity contribution in [2.75, 3.05) is 0 Å². The Morgan fingerprint density at radius 3 is 1.42 bits per heavy atom. The number of hydrogen-bond donors (Lipinski definition) is 0. The lowest BCUT2D eigenvalue weighted by Gasteiger charge is -2.05. The molecule has 0 aromatic carbocycles. The van der Waals surface area contributed by atoms with Crippen LogP contribution in [0, 0.1) is 0 Å². The normalized spacial score (nSPS) is 10.0. The van der Waals surface area contributed by atoms with Crippen molar-refractivity contribution < 1.29 is 0 Å². The third-order valence-corrected chi connectivity index (χ3v) is 2.48. The number of nitrogens with zero attached hydrogens (tertiary/aromatic N) is 3. The van der Waals surface area contributed by atoms with Gasteiger partial charge in [0.05, 0.1) is 0 Å². The van der Waals surface area contributed by atoms with Gasteiger partial charge < -0.3 is 0 Å². The monoisotopic (exact) mass is 381 g/mol. The minimum absolute atomic E-state index is 0.181. The molecule has 0 aliphatic heterocycles. The van der Waals surface area contributed by atoms with Gasteiger partial charge in [0.2, 0.25) is 5.28 Å². The summed E-state index contributed by atoms with van der Waals surface area (Å²) in [5.41, 5.74) is 1.74. The van der Waals surface area contributed by atoms with Crippen molar-refractivity contribution in [3.05, 3.63) is 53.9 Å². The van der Waals surface area contributed by atoms with Crippen LogP contribution < -0.4 is 0 Å². The molecule has 0 saturated heterocycles. The van der Waals surface area contributed by atoms with Crippen molar-refractivity contribution in [1.82, 2.24) is 15.0 Å². The highest BCUT2D eigenvalue weighted by atomic mass is 35.5. The molecule has 3 nitrogen and oxygen atoms in total. The lowest BCUT2D eigenvalue weighted by molar-refractivity contribution is 0.993. The van der Waals surface area contributed by atoms with Crippen molar-refractivity contribution in [3.8, 4) is 0 Å². The third kappa shape index (κ3) is 13.5. The minimum atomic E-state index is 0.181. The molecule has 0 unspecified atom stereocenters. The fraction of sp³-hybridized carbons (Fsp3) is 0.500. The fourth-order valence-corrected chi connectivity index (χ4v) is 1.59. The second-order valence-corrected chi connectivity index (χ2v) is 3.78. The molecule has 1 heterocycles. The Bertz CT molecular complexity index is 530. The largest absolute Gasteiger partial charge is 0.226 e. The molecule has 1 aromatic rings. The predicted octanol–water partition coefficient (Wildman–Crippen LogP) is 8.20. The minimum Gasteiger partial charge on any atom is -0.208 e. The van der Waals surface area contributed by atoms with Crippen molar-refractivity contribution >= 4 is 22.7 Å². The van der Waals surface area contributed by atoms with Crippen LogP contribution in [-0.4, -0.2) is 15.0 Å². The second-order valence-electron chi connectivity index (χ2n) is 3.44. The summed E-state index contributed by atoms with van der Waals surface area (Å²) in [4.78, 5) is 12.6. The van der Waals surface area contributed by atoms with Gasteiger partial charge in [-0.1, -0.05) is 92.3 Å². The fourth-order valence-electron chi connectivity index (χ4n) is 1.43. The number of hydrogen-bond acceptors (Lipinski definition) is 3. The van der Waals surface area contributed by atoms with Crippen molar-refractivity contribution in [2.24, 2.45) is 0 Å². The smallest absolute Gasteiger partial charge is 0.208 e. The summed E-state index contributed by atoms with van der Waals surface area (Å²) in [5.74, 6) is 1.10. The Balaban J connectivity index is -0.000000266. The molecule has 0 radical (unpaired) electrons. The molecule has 150 valence electrons. The van der Waals surface area contributed by atoms with E-state index in [1.807, 2.05) is 100 Å². The zero-order chi connectivity index (χ0) is 21.5. The Labute approximate surface area is 168 Å². The Hall–Kier alpha value is -1.74. The van der Waals surface area contributed by atoms with Gasteiger partial charge in [-0.15, -0.1) is 0 Å². The average Bonchev–Trinajstić information content (AvgIpc) is 2.72. The highest BCUT2D eigenvalue weighted by molar-refractivity contribution is 6.28. The summed E-state index contributed by atoms with van der Waals surface area (Å²) in [5, 5.41) is 0.181. The zero-order valence-electron chi connectivity index (χ0n) is 18.8. The Morgan fingerprint density at radius 1 is 0.731 bits per heavy atom. The quantitative estimate of drug-likeness (QED) is 0.493. The molecule has 0 saturated carbocycles. The molecule has 0 atom stereocenters. The molecule has 0 N–H and O–H groups in total. The first-order valence-corrected chi connectivity index (χ1v) is 10.0. The first kappa shape index (κ1) is 32.0. The van der Waals surface area contributed by atoms with Gasteiger partial charge in [-0.2, -0.15) is 9.97 Å². The van der Waals surface area contributed by atoms with Crippen molar-refractivity contribution in [3.63, 3.8) is 0 Å². The van der Waals surface area contributed by atoms with Crippen LogP contribution in [0.2, 0.25) is 5.28 Å². The molecule has 1 aromatic heterocycles. The molecule has 0 aliphatic rings. The van der Waals surface area contributed by atoms with Crippen LogP contribution in [0.4, 0.5) is 0 Å². The van der Waals surface area contributed by atoms with Gasteiger partial charge in [0.25, 0.3) is 0 Å². The maximum absolute atomic E-state index is 5.93. The average molecular weight is 382 g/mol. The number of allylic oxidation sites excluding steroid dienone is 7. The molecule has 0 spiro atoms. The van der Waals surface area contributed by atoms with Gasteiger partial charge >= 0.3 is 0 Å². The third-order valence-electron chi connectivity index (χ3n) is 2.31. The molecular formula is C22H40ClN3. The predicted molar refractivity (Wildman–Crippen MR) is 123 cm³/mol. The van der Waals surface area contributed by atoms with E-state index < -0.39 is 0 Å². The molecule has 0 aliphatic carbocycles. The van der Waals surface area contributed by atoms with Crippen molar-refractivity contribution in [1.29, 1.82) is 0 Å². The Morgan fingerprint density at radius 2 is 1.12 bits per heavy atom. The van der Waals surface area contributed by atoms with Crippen LogP contribution in [0.1, 0.15) is 87.8 Å². The topological polar surface area (TPSA) is 38.7 Å². The lowest BCUT2D eigenvalue weighted by atomic mass is 10.2. The van der Waals surface area contributed by atoms with E-state index in [0.717, 1.165) is 11.1 Å². The van der Waals surface area contributed by atoms with Gasteiger partial charge in [0, 0.05) is 11.1 Å². The van der Waals surface area contributed by atoms with Gasteiger partial charge in [0.1, 0.15) is 0 Å². The van der Waals surface area contributed by atoms with E-state index in [2.05, 4.69) is 21.5 Å². The first-order chi connectivity index (χ1) is 12.7. The van der Waals surface area contributed by atoms with E-state index in [-0.39, 0.29) is 5.28 Å². The maximum atomic E-state index is 5.93. The van der Waals surface area contributed by atoms with Crippen LogP contribution in [0.3, 0.4) is 0 Å². The highest BCUT2D eigenvalue weighted by Crippen LogP contribution is 2.17. The van der Waals surface area contributed by atoms with E-state index >= 15 is 0 Å². The van der Waals surface area contributed by atoms with E-state index in [1.165, 1.54) is 0 Å². The summed E-state index contributed by atoms with van der Waals surface area (Å²) in [7, 11) is 0. The molecule has 26 heavy (non-hydrogen) atoms. The van der Waals surface area contributed by atoms with Gasteiger partial charge in [-0.05, 0) is 32.4 Å². The summed E-state index contributed by atoms with van der Waals surface area (Å²) < 4.78 is 0. The zero-order valence-corrected chi connectivity index (χ0v) is 19.6. The number of rotatable bonds is 4. The maximum Gasteiger partial charge on any atom is 0.226 e. The van der Waals surface area contributed by atoms with Crippen LogP contribution in [-0.2, 0) is 0 Å². The van der Waals surface area contributed by atoms with Crippen LogP contribution in [0.5, 0.6) is 0 Å². The summed E-state index contributed by atoms with van der Waals surface area (Å²) in [6.07, 6.45) is 9.36. The van der Waals surface area contributed by atoms with E-state index in [0.29, 0.717) is 11.6 Å². The molecular weight excluding hydrogens is 342 g/mol. The number of halogens is 1. The summed E-state index contributed by atoms with van der Waals surface area (Å²) in [6.45, 7) is 25.5. The number of aromatic nitrogens is 3. The van der Waals surface area contributed by atoms with Gasteiger partial charge in [-0.25, -0.2) is 4.98 Å². The molecule has 4 heteroatoms. The second kappa shape index (κ2) is 25.5. The standard InChI is InChI=1S/C14H16ClN3.4C2H6/c1-5-9-11(8-4)13-16-12(10(6-2)7-3)17-14(15)18-13;4*1-2/h5-9H,2H2,1,3-4H3;4*1-2H3/b9-5-,10-7+,11-8+;;;;. The summed E-state index contributed by atoms with van der Waals surface area (Å²) in [6, 6.07) is 0. The van der Waals surface area contributed by atoms with Crippen LogP contribution in [0.15, 0.2) is 37.0 Å². The first-order valence-electron chi connectivity index (χ1n) is 9.66. The lowest BCUT2D eigenvalue weighted by Crippen LogP contribution is -2.01. The molecule has 1 rings (SSSR count). The highest BCUT2D eigenvalue weighted by Gasteiger charge is 2.08. The van der Waals surface area contributed by atoms with Crippen molar-refractivity contribution in [2.45, 2.75) is 76.2 Å². The van der Waals surface area contributed by atoms with Crippen LogP contribution in [0.25, 0.3) is 11.1 Å². The molecule has 0 bridgehead atoms. The van der Waals surface area contributed by atoms with E-state index in [1.54, 1.807) is 6.08 Å².